The van der Waals surface area contributed by atoms with E-state index in [2.05, 4.69) is 22.6 Å². The van der Waals surface area contributed by atoms with Crippen molar-refractivity contribution in [3.05, 3.63) is 83.4 Å². The van der Waals surface area contributed by atoms with E-state index in [9.17, 15) is 14.7 Å². The zero-order valence-corrected chi connectivity index (χ0v) is 21.8. The lowest BCUT2D eigenvalue weighted by molar-refractivity contribution is -0.139. The molecule has 3 aromatic carbocycles. The summed E-state index contributed by atoms with van der Waals surface area (Å²) in [5.74, 6) is -0.560. The first-order chi connectivity index (χ1) is 18.8. The van der Waals surface area contributed by atoms with Crippen molar-refractivity contribution in [1.29, 1.82) is 5.41 Å². The van der Waals surface area contributed by atoms with Gasteiger partial charge in [0.15, 0.2) is 18.1 Å². The number of nitrogens with zero attached hydrogens (tertiary/aromatic N) is 1. The molecule has 0 spiro atoms. The number of piperidine rings is 1. The van der Waals surface area contributed by atoms with E-state index < -0.39 is 12.6 Å². The number of aliphatic carboxylic acids is 1. The van der Waals surface area contributed by atoms with Gasteiger partial charge < -0.3 is 35.8 Å². The Balaban J connectivity index is 1.50. The molecule has 1 aliphatic heterocycles. The van der Waals surface area contributed by atoms with Crippen molar-refractivity contribution in [2.45, 2.75) is 25.5 Å². The lowest BCUT2D eigenvalue weighted by Gasteiger charge is -2.30. The molecule has 0 aromatic heterocycles. The Morgan fingerprint density at radius 3 is 2.46 bits per heavy atom. The van der Waals surface area contributed by atoms with Gasteiger partial charge in [-0.15, -0.1) is 0 Å². The number of nitrogens with one attached hydrogen (secondary N) is 3. The van der Waals surface area contributed by atoms with E-state index >= 15 is 0 Å². The van der Waals surface area contributed by atoms with Gasteiger partial charge in [-0.25, -0.2) is 4.79 Å². The maximum Gasteiger partial charge on any atom is 0.341 e. The van der Waals surface area contributed by atoms with Crippen LogP contribution in [0.25, 0.3) is 0 Å². The monoisotopic (exact) mass is 531 g/mol. The largest absolute Gasteiger partial charge is 0.486 e. The molecule has 1 aliphatic rings. The third-order valence-electron chi connectivity index (χ3n) is 6.45. The summed E-state index contributed by atoms with van der Waals surface area (Å²) in [6.07, 6.45) is 1.76. The number of nitrogens with two attached hydrogens (primary N) is 1. The van der Waals surface area contributed by atoms with E-state index in [-0.39, 0.29) is 24.4 Å². The number of carbonyl (C=O) groups is 2. The summed E-state index contributed by atoms with van der Waals surface area (Å²) in [7, 11) is 2.08. The Morgan fingerprint density at radius 1 is 1.05 bits per heavy atom. The highest BCUT2D eigenvalue weighted by Crippen LogP contribution is 2.34. The van der Waals surface area contributed by atoms with Gasteiger partial charge >= 0.3 is 5.97 Å². The first kappa shape index (κ1) is 27.5. The molecule has 4 rings (SSSR count). The van der Waals surface area contributed by atoms with Crippen LogP contribution in [0.5, 0.6) is 11.5 Å². The molecule has 0 bridgehead atoms. The zero-order valence-electron chi connectivity index (χ0n) is 21.8. The summed E-state index contributed by atoms with van der Waals surface area (Å²) in [6, 6.07) is 19.3. The van der Waals surface area contributed by atoms with E-state index in [0.29, 0.717) is 39.6 Å². The number of carbonyl (C=O) groups excluding carboxylic acids is 1. The summed E-state index contributed by atoms with van der Waals surface area (Å²) < 4.78 is 11.9. The second-order valence-corrected chi connectivity index (χ2v) is 9.39. The van der Waals surface area contributed by atoms with Gasteiger partial charge in [-0.3, -0.25) is 10.2 Å². The standard InChI is InChI=1S/C29H33N5O5/c1-34-15-13-22(14-16-34)39-25-8-4-5-20(27(25)38-18-26(35)36)17-32-24-7-3-2-6-23(24)29(37)33-21-11-9-19(10-12-21)28(30)31/h2-12,22,32H,13-18H2,1H3,(H3,30,31)(H,33,37)(H,35,36). The Morgan fingerprint density at radius 2 is 1.77 bits per heavy atom. The summed E-state index contributed by atoms with van der Waals surface area (Å²) >= 11 is 0. The van der Waals surface area contributed by atoms with E-state index in [0.717, 1.165) is 25.9 Å². The molecular weight excluding hydrogens is 498 g/mol. The Hall–Kier alpha value is -4.57. The quantitative estimate of drug-likeness (QED) is 0.185. The number of carboxylic acid groups (broad SMARTS) is 1. The molecule has 0 radical (unpaired) electrons. The minimum Gasteiger partial charge on any atom is -0.486 e. The van der Waals surface area contributed by atoms with Crippen molar-refractivity contribution in [2.24, 2.45) is 5.73 Å². The lowest BCUT2D eigenvalue weighted by atomic mass is 10.1. The second-order valence-electron chi connectivity index (χ2n) is 9.39. The molecule has 3 aromatic rings. The molecule has 1 amide bonds. The molecule has 0 atom stereocenters. The minimum absolute atomic E-state index is 0.0190. The van der Waals surface area contributed by atoms with Crippen LogP contribution in [0.15, 0.2) is 66.7 Å². The molecule has 6 N–H and O–H groups in total. The number of para-hydroxylation sites is 2. The number of ether oxygens (including phenoxy) is 2. The van der Waals surface area contributed by atoms with Crippen LogP contribution in [0.1, 0.15) is 34.3 Å². The van der Waals surface area contributed by atoms with Crippen LogP contribution in [0.3, 0.4) is 0 Å². The predicted octanol–water partition coefficient (Wildman–Crippen LogP) is 3.77. The van der Waals surface area contributed by atoms with Crippen LogP contribution in [-0.2, 0) is 11.3 Å². The SMILES string of the molecule is CN1CCC(Oc2cccc(CNc3ccccc3C(=O)Nc3ccc(C(=N)N)cc3)c2OCC(=O)O)CC1. The van der Waals surface area contributed by atoms with Gasteiger partial charge in [0.1, 0.15) is 11.9 Å². The summed E-state index contributed by atoms with van der Waals surface area (Å²) in [5.41, 5.74) is 8.38. The van der Waals surface area contributed by atoms with Crippen LogP contribution in [-0.4, -0.2) is 60.6 Å². The smallest absolute Gasteiger partial charge is 0.341 e. The second kappa shape index (κ2) is 12.8. The fourth-order valence-corrected chi connectivity index (χ4v) is 4.33. The van der Waals surface area contributed by atoms with E-state index in [4.69, 9.17) is 20.6 Å². The van der Waals surface area contributed by atoms with Gasteiger partial charge in [-0.05, 0) is 62.4 Å². The van der Waals surface area contributed by atoms with Gasteiger partial charge in [0.05, 0.1) is 5.56 Å². The highest BCUT2D eigenvalue weighted by atomic mass is 16.5. The zero-order chi connectivity index (χ0) is 27.8. The molecule has 0 unspecified atom stereocenters. The average molecular weight is 532 g/mol. The van der Waals surface area contributed by atoms with Crippen molar-refractivity contribution < 1.29 is 24.2 Å². The van der Waals surface area contributed by atoms with E-state index in [1.807, 2.05) is 18.2 Å². The Labute approximate surface area is 227 Å². The number of amidine groups is 1. The predicted molar refractivity (Wildman–Crippen MR) is 150 cm³/mol. The van der Waals surface area contributed by atoms with Crippen molar-refractivity contribution in [2.75, 3.05) is 37.4 Å². The number of carboxylic acids is 1. The topological polar surface area (TPSA) is 150 Å². The maximum absolute atomic E-state index is 13.1. The molecule has 1 heterocycles. The van der Waals surface area contributed by atoms with E-state index in [1.165, 1.54) is 0 Å². The fourth-order valence-electron chi connectivity index (χ4n) is 4.33. The normalized spacial score (nSPS) is 13.9. The molecule has 0 saturated carbocycles. The lowest BCUT2D eigenvalue weighted by Crippen LogP contribution is -2.35. The van der Waals surface area contributed by atoms with E-state index in [1.54, 1.807) is 48.5 Å². The van der Waals surface area contributed by atoms with Crippen molar-refractivity contribution >= 4 is 29.1 Å². The number of hydrogen-bond donors (Lipinski definition) is 5. The Kier molecular flexibility index (Phi) is 9.01. The van der Waals surface area contributed by atoms with Crippen LogP contribution < -0.4 is 25.8 Å². The molecular formula is C29H33N5O5. The van der Waals surface area contributed by atoms with Gasteiger partial charge in [0.25, 0.3) is 5.91 Å². The molecule has 39 heavy (non-hydrogen) atoms. The maximum atomic E-state index is 13.1. The molecule has 204 valence electrons. The number of amides is 1. The fraction of sp³-hybridized carbons (Fsp3) is 0.276. The molecule has 1 fully saturated rings. The summed E-state index contributed by atoms with van der Waals surface area (Å²) in [5, 5.41) is 22.9. The molecule has 1 saturated heterocycles. The van der Waals surface area contributed by atoms with Gasteiger partial charge in [0, 0.05) is 42.1 Å². The summed E-state index contributed by atoms with van der Waals surface area (Å²) in [4.78, 5) is 26.6. The van der Waals surface area contributed by atoms with Gasteiger partial charge in [0.2, 0.25) is 0 Å². The van der Waals surface area contributed by atoms with Crippen LogP contribution in [0, 0.1) is 5.41 Å². The number of hydrogen-bond acceptors (Lipinski definition) is 7. The number of rotatable bonds is 11. The van der Waals surface area contributed by atoms with Crippen molar-refractivity contribution in [1.82, 2.24) is 4.90 Å². The molecule has 10 nitrogen and oxygen atoms in total. The average Bonchev–Trinajstić information content (AvgIpc) is 2.93. The Bertz CT molecular complexity index is 1320. The number of benzene rings is 3. The molecule has 0 aliphatic carbocycles. The van der Waals surface area contributed by atoms with Gasteiger partial charge in [-0.1, -0.05) is 24.3 Å². The van der Waals surface area contributed by atoms with Crippen LogP contribution in [0.4, 0.5) is 11.4 Å². The number of anilines is 2. The first-order valence-electron chi connectivity index (χ1n) is 12.7. The van der Waals surface area contributed by atoms with Crippen molar-refractivity contribution in [3.8, 4) is 11.5 Å². The summed E-state index contributed by atoms with van der Waals surface area (Å²) in [6.45, 7) is 1.63. The third-order valence-corrected chi connectivity index (χ3v) is 6.45. The highest BCUT2D eigenvalue weighted by molar-refractivity contribution is 6.08. The van der Waals surface area contributed by atoms with Crippen LogP contribution in [0.2, 0.25) is 0 Å². The number of nitrogen functional groups attached to an aromatic ring is 1. The number of likely N-dealkylation sites (tertiary alicyclic amines) is 1. The van der Waals surface area contributed by atoms with Gasteiger partial charge in [-0.2, -0.15) is 0 Å². The van der Waals surface area contributed by atoms with Crippen LogP contribution >= 0.6 is 0 Å². The molecule has 10 heteroatoms. The highest BCUT2D eigenvalue weighted by Gasteiger charge is 2.21. The minimum atomic E-state index is -1.08. The third kappa shape index (κ3) is 7.48. The first-order valence-corrected chi connectivity index (χ1v) is 12.7. The van der Waals surface area contributed by atoms with Crippen molar-refractivity contribution in [3.63, 3.8) is 0 Å².